The van der Waals surface area contributed by atoms with Crippen molar-refractivity contribution in [3.8, 4) is 12.1 Å². The van der Waals surface area contributed by atoms with Gasteiger partial charge in [0.15, 0.2) is 0 Å². The minimum Gasteiger partial charge on any atom is -0.478 e. The number of nitro benzene ring substituents is 3. The Kier molecular flexibility index (Phi) is 19.5. The van der Waals surface area contributed by atoms with Gasteiger partial charge in [-0.2, -0.15) is 10.5 Å². The van der Waals surface area contributed by atoms with Crippen LogP contribution in [-0.2, 0) is 4.74 Å². The van der Waals surface area contributed by atoms with Gasteiger partial charge >= 0.3 is 5.97 Å². The van der Waals surface area contributed by atoms with Gasteiger partial charge in [-0.05, 0) is 97.0 Å². The van der Waals surface area contributed by atoms with E-state index in [1.165, 1.54) is 68.3 Å². The maximum absolute atomic E-state index is 10.7. The number of primary amides is 1. The summed E-state index contributed by atoms with van der Waals surface area (Å²) in [5.41, 5.74) is 5.35. The molecule has 16 nitrogen and oxygen atoms in total. The quantitative estimate of drug-likeness (QED) is 0.193. The molecule has 242 valence electrons. The number of carbonyl (C=O) groups excluding carboxylic acids is 1. The topological polar surface area (TPSA) is 267 Å². The summed E-state index contributed by atoms with van der Waals surface area (Å²) in [6.45, 7) is 3.43. The van der Waals surface area contributed by atoms with Crippen LogP contribution in [0.15, 0.2) is 68.0 Å². The number of nitrogens with zero attached hydrogens (tertiary/aromatic N) is 5. The third-order valence-electron chi connectivity index (χ3n) is 4.92. The van der Waals surface area contributed by atoms with E-state index in [2.05, 4.69) is 47.8 Å². The Labute approximate surface area is 286 Å². The lowest BCUT2D eigenvalue weighted by molar-refractivity contribution is -0.385. The summed E-state index contributed by atoms with van der Waals surface area (Å²) in [5.74, 6) is -1.73. The van der Waals surface area contributed by atoms with Crippen molar-refractivity contribution in [3.05, 3.63) is 115 Å². The summed E-state index contributed by atoms with van der Waals surface area (Å²) >= 11 is 8.87. The normalized spacial score (nSPS) is 10.6. The van der Waals surface area contributed by atoms with E-state index in [1.807, 2.05) is 6.07 Å². The second-order valence-electron chi connectivity index (χ2n) is 8.09. The molecular weight excluding hydrogens is 808 g/mol. The highest BCUT2D eigenvalue weighted by molar-refractivity contribution is 9.11. The molecule has 3 N–H and O–H groups in total. The molecule has 1 fully saturated rings. The van der Waals surface area contributed by atoms with E-state index in [0.29, 0.717) is 10.0 Å². The number of amides is 1. The van der Waals surface area contributed by atoms with Gasteiger partial charge in [-0.3, -0.25) is 35.1 Å². The smallest absolute Gasteiger partial charge is 0.335 e. The second-order valence-corrected chi connectivity index (χ2v) is 10.7. The van der Waals surface area contributed by atoms with E-state index in [1.54, 1.807) is 6.07 Å². The van der Waals surface area contributed by atoms with Crippen LogP contribution in [0.1, 0.15) is 46.0 Å². The SMILES string of the molecule is C1CCOC1.CC#N.N#Cc1ccc([N+](=O)[O-])c(Br)c1.NC(=O)c1ccc([N+](=O)[O-])c(Br)c1.O=C(O)c1ccc([N+](=O)[O-])c(Br)c1. The number of carboxylic acid groups (broad SMARTS) is 1. The predicted octanol–water partition coefficient (Wildman–Crippen LogP) is 7.07. The number of benzene rings is 3. The van der Waals surface area contributed by atoms with Gasteiger partial charge in [0.2, 0.25) is 5.91 Å². The number of ether oxygens (including phenoxy) is 1. The molecule has 1 aliphatic rings. The van der Waals surface area contributed by atoms with Crippen LogP contribution < -0.4 is 5.73 Å². The molecule has 4 rings (SSSR count). The average Bonchev–Trinajstić information content (AvgIpc) is 3.58. The van der Waals surface area contributed by atoms with Crippen LogP contribution in [-0.4, -0.2) is 45.0 Å². The van der Waals surface area contributed by atoms with Crippen LogP contribution in [0.3, 0.4) is 0 Å². The van der Waals surface area contributed by atoms with Crippen molar-refractivity contribution in [2.75, 3.05) is 13.2 Å². The van der Waals surface area contributed by atoms with E-state index in [0.717, 1.165) is 19.3 Å². The molecule has 0 aliphatic carbocycles. The Morgan fingerprint density at radius 3 is 1.43 bits per heavy atom. The summed E-state index contributed by atoms with van der Waals surface area (Å²) in [6, 6.07) is 15.1. The van der Waals surface area contributed by atoms with Gasteiger partial charge in [0.1, 0.15) is 0 Å². The average molecular weight is 831 g/mol. The molecule has 0 atom stereocenters. The zero-order valence-corrected chi connectivity index (χ0v) is 28.4. The zero-order chi connectivity index (χ0) is 35.4. The minimum atomic E-state index is -1.12. The highest BCUT2D eigenvalue weighted by Gasteiger charge is 2.14. The number of halogens is 3. The van der Waals surface area contributed by atoms with Crippen molar-refractivity contribution in [1.29, 1.82) is 10.5 Å². The Balaban J connectivity index is 0.000000589. The summed E-state index contributed by atoms with van der Waals surface area (Å²) < 4.78 is 5.68. The molecule has 1 aliphatic heterocycles. The van der Waals surface area contributed by atoms with E-state index in [-0.39, 0.29) is 37.1 Å². The van der Waals surface area contributed by atoms with Crippen LogP contribution in [0.2, 0.25) is 0 Å². The molecule has 1 amide bonds. The molecule has 3 aromatic rings. The van der Waals surface area contributed by atoms with Crippen LogP contribution in [0.4, 0.5) is 17.1 Å². The summed E-state index contributed by atoms with van der Waals surface area (Å²) in [5, 5.41) is 55.3. The highest BCUT2D eigenvalue weighted by atomic mass is 79.9. The molecule has 0 radical (unpaired) electrons. The van der Waals surface area contributed by atoms with Crippen LogP contribution >= 0.6 is 47.8 Å². The second kappa shape index (κ2) is 21.8. The van der Waals surface area contributed by atoms with Crippen molar-refractivity contribution in [2.45, 2.75) is 19.8 Å². The first kappa shape index (κ1) is 41.2. The number of hydrogen-bond donors (Lipinski definition) is 2. The molecule has 0 unspecified atom stereocenters. The Bertz CT molecular complexity index is 1570. The number of carbonyl (C=O) groups is 2. The lowest BCUT2D eigenvalue weighted by atomic mass is 10.2. The maximum Gasteiger partial charge on any atom is 0.335 e. The van der Waals surface area contributed by atoms with Crippen molar-refractivity contribution >= 4 is 76.7 Å². The number of hydrogen-bond acceptors (Lipinski definition) is 11. The molecule has 0 bridgehead atoms. The van der Waals surface area contributed by atoms with E-state index >= 15 is 0 Å². The number of carboxylic acids is 1. The zero-order valence-electron chi connectivity index (χ0n) is 23.6. The molecule has 1 saturated heterocycles. The molecule has 0 spiro atoms. The van der Waals surface area contributed by atoms with Gasteiger partial charge in [0, 0.05) is 43.9 Å². The van der Waals surface area contributed by atoms with Gasteiger partial charge in [0.25, 0.3) is 17.1 Å². The van der Waals surface area contributed by atoms with E-state index < -0.39 is 26.6 Å². The van der Waals surface area contributed by atoms with Gasteiger partial charge in [-0.1, -0.05) is 0 Å². The first-order valence-corrected chi connectivity index (χ1v) is 14.6. The third kappa shape index (κ3) is 15.3. The van der Waals surface area contributed by atoms with E-state index in [9.17, 15) is 39.9 Å². The molecular formula is C27H23Br3N6O10. The van der Waals surface area contributed by atoms with Crippen LogP contribution in [0, 0.1) is 53.0 Å². The molecule has 46 heavy (non-hydrogen) atoms. The summed E-state index contributed by atoms with van der Waals surface area (Å²) in [4.78, 5) is 50.5. The van der Waals surface area contributed by atoms with Gasteiger partial charge in [0.05, 0.1) is 51.5 Å². The fourth-order valence-corrected chi connectivity index (χ4v) is 4.40. The molecule has 19 heteroatoms. The van der Waals surface area contributed by atoms with Crippen molar-refractivity contribution in [3.63, 3.8) is 0 Å². The van der Waals surface area contributed by atoms with Crippen molar-refractivity contribution in [2.24, 2.45) is 5.73 Å². The maximum atomic E-state index is 10.7. The van der Waals surface area contributed by atoms with Gasteiger partial charge in [-0.25, -0.2) is 4.79 Å². The van der Waals surface area contributed by atoms with Crippen LogP contribution in [0.25, 0.3) is 0 Å². The number of nitro groups is 3. The van der Waals surface area contributed by atoms with Gasteiger partial charge < -0.3 is 15.6 Å². The molecule has 0 aromatic heterocycles. The van der Waals surface area contributed by atoms with Crippen molar-refractivity contribution < 1.29 is 34.2 Å². The van der Waals surface area contributed by atoms with E-state index in [4.69, 9.17) is 26.1 Å². The monoisotopic (exact) mass is 828 g/mol. The standard InChI is InChI=1S/C7H5BrN2O3.C7H3BrN2O2.C7H4BrNO4.C4H8O.C2H3N/c8-5-3-4(7(9)11)1-2-6(5)10(12)13;8-6-3-5(4-9)1-2-7(6)10(11)12;8-5-3-4(7(10)11)1-2-6(5)9(12)13;1-2-4-5-3-1;1-2-3/h1-3H,(H2,9,11);1-3H;1-3H,(H,10,11);1-4H2;1H3. The fourth-order valence-electron chi connectivity index (χ4n) is 2.83. The number of aromatic carboxylic acids is 1. The minimum absolute atomic E-state index is 0.0116. The highest BCUT2D eigenvalue weighted by Crippen LogP contribution is 2.27. The molecule has 1 heterocycles. The molecule has 3 aromatic carbocycles. The first-order chi connectivity index (χ1) is 21.6. The van der Waals surface area contributed by atoms with Crippen molar-refractivity contribution in [1.82, 2.24) is 0 Å². The van der Waals surface area contributed by atoms with Crippen LogP contribution in [0.5, 0.6) is 0 Å². The first-order valence-electron chi connectivity index (χ1n) is 12.2. The lowest BCUT2D eigenvalue weighted by Crippen LogP contribution is -2.10. The lowest BCUT2D eigenvalue weighted by Gasteiger charge is -1.97. The largest absolute Gasteiger partial charge is 0.478 e. The Hall–Kier alpha value is -4.82. The summed E-state index contributed by atoms with van der Waals surface area (Å²) in [6.07, 6.45) is 2.56. The Morgan fingerprint density at radius 2 is 1.15 bits per heavy atom. The molecule has 0 saturated carbocycles. The number of nitrogens with two attached hydrogens (primary N) is 1. The predicted molar refractivity (Wildman–Crippen MR) is 174 cm³/mol. The number of nitriles is 2. The third-order valence-corrected chi connectivity index (χ3v) is 6.83. The Morgan fingerprint density at radius 1 is 0.783 bits per heavy atom. The van der Waals surface area contributed by atoms with Gasteiger partial charge in [-0.15, -0.1) is 0 Å². The number of rotatable bonds is 5. The fraction of sp³-hybridized carbons (Fsp3) is 0.185. The summed E-state index contributed by atoms with van der Waals surface area (Å²) in [7, 11) is 0.